The Labute approximate surface area is 157 Å². The molecule has 1 heterocycles. The van der Waals surface area contributed by atoms with Crippen LogP contribution in [0.3, 0.4) is 0 Å². The third-order valence-electron chi connectivity index (χ3n) is 5.27. The number of aryl methyl sites for hydroxylation is 1. The summed E-state index contributed by atoms with van der Waals surface area (Å²) >= 11 is 0. The summed E-state index contributed by atoms with van der Waals surface area (Å²) in [6.45, 7) is 0. The van der Waals surface area contributed by atoms with Gasteiger partial charge in [0, 0.05) is 18.2 Å². The van der Waals surface area contributed by atoms with E-state index in [0.29, 0.717) is 0 Å². The Morgan fingerprint density at radius 1 is 0.741 bits per heavy atom. The lowest BCUT2D eigenvalue weighted by atomic mass is 9.86. The van der Waals surface area contributed by atoms with Crippen LogP contribution >= 0.6 is 0 Å². The number of carbonyl (C=O) groups excluding carboxylic acids is 1. The van der Waals surface area contributed by atoms with Gasteiger partial charge in [0.1, 0.15) is 0 Å². The highest BCUT2D eigenvalue weighted by molar-refractivity contribution is 6.21. The Balaban J connectivity index is 1.78. The van der Waals surface area contributed by atoms with Gasteiger partial charge >= 0.3 is 0 Å². The first kappa shape index (κ1) is 15.8. The van der Waals surface area contributed by atoms with Crippen LogP contribution in [-0.2, 0) is 7.05 Å². The quantitative estimate of drug-likeness (QED) is 0.468. The summed E-state index contributed by atoms with van der Waals surface area (Å²) in [6, 6.07) is 28.4. The second-order valence-corrected chi connectivity index (χ2v) is 6.86. The molecular weight excluding hydrogens is 332 g/mol. The van der Waals surface area contributed by atoms with Crippen LogP contribution in [0.2, 0.25) is 0 Å². The average Bonchev–Trinajstić information content (AvgIpc) is 3.21. The van der Waals surface area contributed by atoms with Crippen molar-refractivity contribution in [3.63, 3.8) is 0 Å². The normalized spacial score (nSPS) is 12.3. The van der Waals surface area contributed by atoms with Crippen molar-refractivity contribution in [2.45, 2.75) is 5.92 Å². The van der Waals surface area contributed by atoms with E-state index in [-0.39, 0.29) is 11.7 Å². The Hall–Kier alpha value is -3.46. The fourth-order valence-electron chi connectivity index (χ4n) is 4.10. The molecule has 0 saturated carbocycles. The molecule has 3 nitrogen and oxygen atoms in total. The minimum atomic E-state index is -0.0828. The lowest BCUT2D eigenvalue weighted by Gasteiger charge is -2.17. The van der Waals surface area contributed by atoms with Crippen LogP contribution in [0.5, 0.6) is 0 Å². The molecule has 0 spiro atoms. The zero-order valence-corrected chi connectivity index (χ0v) is 15.0. The average molecular weight is 350 g/mol. The summed E-state index contributed by atoms with van der Waals surface area (Å²) in [7, 11) is 1.92. The molecule has 1 aliphatic carbocycles. The van der Waals surface area contributed by atoms with Crippen molar-refractivity contribution in [3.05, 3.63) is 113 Å². The lowest BCUT2D eigenvalue weighted by molar-refractivity contribution is 0.104. The number of benzene rings is 3. The van der Waals surface area contributed by atoms with Gasteiger partial charge in [0.2, 0.25) is 0 Å². The second kappa shape index (κ2) is 6.06. The molecule has 1 aromatic heterocycles. The van der Waals surface area contributed by atoms with Crippen molar-refractivity contribution in [3.8, 4) is 11.3 Å². The molecule has 0 radical (unpaired) electrons. The number of nitrogens with zero attached hydrogens (tertiary/aromatic N) is 2. The highest BCUT2D eigenvalue weighted by Crippen LogP contribution is 2.43. The smallest absolute Gasteiger partial charge is 0.197 e. The Morgan fingerprint density at radius 2 is 1.26 bits per heavy atom. The molecule has 0 unspecified atom stereocenters. The van der Waals surface area contributed by atoms with Gasteiger partial charge in [0.25, 0.3) is 0 Å². The standard InChI is InChI=1S/C24H18N2O/c1-26-23-18-14-8-9-15-19(18)24(27)21(23)22(25-26)20(16-10-4-2-5-11-16)17-12-6-3-7-13-17/h2-15,20H,1H3. The van der Waals surface area contributed by atoms with Crippen molar-refractivity contribution >= 4 is 5.78 Å². The third kappa shape index (κ3) is 2.36. The van der Waals surface area contributed by atoms with Crippen LogP contribution in [0, 0.1) is 0 Å². The zero-order chi connectivity index (χ0) is 18.4. The van der Waals surface area contributed by atoms with Gasteiger partial charge in [-0.25, -0.2) is 0 Å². The second-order valence-electron chi connectivity index (χ2n) is 6.86. The summed E-state index contributed by atoms with van der Waals surface area (Å²) in [5.74, 6) is -0.0128. The number of carbonyl (C=O) groups is 1. The molecule has 130 valence electrons. The van der Waals surface area contributed by atoms with E-state index in [9.17, 15) is 4.79 Å². The van der Waals surface area contributed by atoms with E-state index in [2.05, 4.69) is 24.3 Å². The van der Waals surface area contributed by atoms with Gasteiger partial charge in [-0.1, -0.05) is 84.9 Å². The molecule has 0 fully saturated rings. The number of aromatic nitrogens is 2. The molecule has 3 heteroatoms. The van der Waals surface area contributed by atoms with Gasteiger partial charge in [-0.15, -0.1) is 0 Å². The Kier molecular flexibility index (Phi) is 3.54. The van der Waals surface area contributed by atoms with Gasteiger partial charge in [-0.05, 0) is 11.1 Å². The van der Waals surface area contributed by atoms with Crippen LogP contribution in [0.4, 0.5) is 0 Å². The lowest BCUT2D eigenvalue weighted by Crippen LogP contribution is -2.09. The van der Waals surface area contributed by atoms with Crippen molar-refractivity contribution in [1.82, 2.24) is 9.78 Å². The number of ketones is 1. The molecular formula is C24H18N2O. The van der Waals surface area contributed by atoms with Crippen molar-refractivity contribution in [2.24, 2.45) is 7.05 Å². The topological polar surface area (TPSA) is 34.9 Å². The largest absolute Gasteiger partial charge is 0.288 e. The van der Waals surface area contributed by atoms with Gasteiger partial charge in [-0.2, -0.15) is 5.10 Å². The minimum Gasteiger partial charge on any atom is -0.288 e. The summed E-state index contributed by atoms with van der Waals surface area (Å²) in [5, 5.41) is 4.83. The first-order valence-corrected chi connectivity index (χ1v) is 9.06. The van der Waals surface area contributed by atoms with E-state index in [1.165, 1.54) is 0 Å². The van der Waals surface area contributed by atoms with E-state index in [1.54, 1.807) is 0 Å². The van der Waals surface area contributed by atoms with Crippen molar-refractivity contribution < 1.29 is 4.79 Å². The summed E-state index contributed by atoms with van der Waals surface area (Å²) in [4.78, 5) is 13.2. The van der Waals surface area contributed by atoms with Crippen LogP contribution in [-0.4, -0.2) is 15.6 Å². The van der Waals surface area contributed by atoms with Crippen LogP contribution in [0.25, 0.3) is 11.3 Å². The van der Waals surface area contributed by atoms with Crippen LogP contribution in [0.1, 0.15) is 38.7 Å². The molecule has 0 saturated heterocycles. The fraction of sp³-hybridized carbons (Fsp3) is 0.0833. The first-order valence-electron chi connectivity index (χ1n) is 9.06. The van der Waals surface area contributed by atoms with Gasteiger partial charge in [0.05, 0.1) is 22.9 Å². The van der Waals surface area contributed by atoms with E-state index >= 15 is 0 Å². The SMILES string of the molecule is Cn1nc(C(c2ccccc2)c2ccccc2)c2c1-c1ccccc1C2=O. The highest BCUT2D eigenvalue weighted by Gasteiger charge is 2.36. The monoisotopic (exact) mass is 350 g/mol. The molecule has 27 heavy (non-hydrogen) atoms. The molecule has 0 bridgehead atoms. The predicted molar refractivity (Wildman–Crippen MR) is 106 cm³/mol. The van der Waals surface area contributed by atoms with Crippen LogP contribution in [0.15, 0.2) is 84.9 Å². The van der Waals surface area contributed by atoms with Crippen LogP contribution < -0.4 is 0 Å². The molecule has 0 aliphatic heterocycles. The minimum absolute atomic E-state index is 0.0700. The summed E-state index contributed by atoms with van der Waals surface area (Å²) < 4.78 is 1.85. The zero-order valence-electron chi connectivity index (χ0n) is 15.0. The summed E-state index contributed by atoms with van der Waals surface area (Å²) in [5.41, 5.74) is 6.48. The van der Waals surface area contributed by atoms with Crippen molar-refractivity contribution in [1.29, 1.82) is 0 Å². The Morgan fingerprint density at radius 3 is 1.85 bits per heavy atom. The highest BCUT2D eigenvalue weighted by atomic mass is 16.1. The first-order chi connectivity index (χ1) is 13.3. The van der Waals surface area contributed by atoms with E-state index < -0.39 is 0 Å². The molecule has 0 N–H and O–H groups in total. The maximum atomic E-state index is 13.2. The summed E-state index contributed by atoms with van der Waals surface area (Å²) in [6.07, 6.45) is 0. The predicted octanol–water partition coefficient (Wildman–Crippen LogP) is 4.81. The number of rotatable bonds is 3. The third-order valence-corrected chi connectivity index (χ3v) is 5.27. The number of hydrogen-bond acceptors (Lipinski definition) is 2. The Bertz CT molecular complexity index is 1100. The van der Waals surface area contributed by atoms with Gasteiger partial charge in [-0.3, -0.25) is 9.48 Å². The van der Waals surface area contributed by atoms with E-state index in [4.69, 9.17) is 5.10 Å². The van der Waals surface area contributed by atoms with E-state index in [1.807, 2.05) is 72.4 Å². The molecule has 1 aliphatic rings. The molecule has 5 rings (SSSR count). The molecule has 0 atom stereocenters. The van der Waals surface area contributed by atoms with Gasteiger partial charge < -0.3 is 0 Å². The van der Waals surface area contributed by atoms with Crippen molar-refractivity contribution in [2.75, 3.05) is 0 Å². The maximum Gasteiger partial charge on any atom is 0.197 e. The molecule has 3 aromatic carbocycles. The number of hydrogen-bond donors (Lipinski definition) is 0. The molecule has 4 aromatic rings. The molecule has 0 amide bonds. The van der Waals surface area contributed by atoms with Gasteiger partial charge in [0.15, 0.2) is 5.78 Å². The fourth-order valence-corrected chi connectivity index (χ4v) is 4.10. The van der Waals surface area contributed by atoms with E-state index in [0.717, 1.165) is 39.2 Å². The number of fused-ring (bicyclic) bond motifs is 3. The maximum absolute atomic E-state index is 13.2.